The summed E-state index contributed by atoms with van der Waals surface area (Å²) in [5.41, 5.74) is 11.3. The van der Waals surface area contributed by atoms with E-state index in [-0.39, 0.29) is 0 Å². The van der Waals surface area contributed by atoms with Gasteiger partial charge in [0.15, 0.2) is 0 Å². The maximum Gasteiger partial charge on any atom is -0.0253 e. The smallest absolute Gasteiger partial charge is 0.0253 e. The summed E-state index contributed by atoms with van der Waals surface area (Å²) < 4.78 is 4.66. The summed E-state index contributed by atoms with van der Waals surface area (Å²) in [6.07, 6.45) is 9.33. The Hall–Kier alpha value is -2.44. The Kier molecular flexibility index (Phi) is 12.5. The molecule has 1 atom stereocenters. The normalized spacial score (nSPS) is 14.4. The third kappa shape index (κ3) is 9.78. The molecule has 43 heavy (non-hydrogen) atoms. The molecule has 2 aliphatic rings. The third-order valence-corrected chi connectivity index (χ3v) is 10.5. The molecule has 1 unspecified atom stereocenters. The van der Waals surface area contributed by atoms with Crippen LogP contribution in [0.2, 0.25) is 10.0 Å². The van der Waals surface area contributed by atoms with Crippen molar-refractivity contribution in [2.24, 2.45) is 11.3 Å². The van der Waals surface area contributed by atoms with Gasteiger partial charge in [0, 0.05) is 0 Å². The molecule has 0 aliphatic heterocycles. The first-order valence-electron chi connectivity index (χ1n) is 15.0. The van der Waals surface area contributed by atoms with Crippen molar-refractivity contribution in [1.29, 1.82) is 0 Å². The fraction of sp³-hybridized carbons (Fsp3) is 0.250. The monoisotopic (exact) mass is 680 g/mol. The first-order valence-corrected chi connectivity index (χ1v) is 18.6. The van der Waals surface area contributed by atoms with Gasteiger partial charge in [-0.1, -0.05) is 94.2 Å². The van der Waals surface area contributed by atoms with Crippen LogP contribution in [-0.2, 0) is 28.7 Å². The van der Waals surface area contributed by atoms with Crippen LogP contribution < -0.4 is 0 Å². The van der Waals surface area contributed by atoms with Gasteiger partial charge in [-0.2, -0.15) is 41.5 Å². The largest absolute Gasteiger partial charge is 0.179 e. The van der Waals surface area contributed by atoms with E-state index in [2.05, 4.69) is 121 Å². The number of halogens is 2. The summed E-state index contributed by atoms with van der Waals surface area (Å²) in [5.74, 6) is 0.573. The van der Waals surface area contributed by atoms with Gasteiger partial charge in [0.25, 0.3) is 0 Å². The number of allylic oxidation sites excluding steroid dienone is 4. The zero-order valence-electron chi connectivity index (χ0n) is 25.8. The van der Waals surface area contributed by atoms with E-state index in [9.17, 15) is 0 Å². The Balaban J connectivity index is 0.000000150. The minimum absolute atomic E-state index is 0.294. The molecule has 0 N–H and O–H groups in total. The molecular weight excluding hydrogens is 643 g/mol. The summed E-state index contributed by atoms with van der Waals surface area (Å²) in [7, 11) is 0. The summed E-state index contributed by atoms with van der Waals surface area (Å²) in [5, 5.41) is 1.57. The molecule has 0 spiro atoms. The predicted octanol–water partition coefficient (Wildman–Crippen LogP) is 11.3. The molecule has 0 bridgehead atoms. The van der Waals surface area contributed by atoms with E-state index in [1.54, 1.807) is 0 Å². The quantitative estimate of drug-likeness (QED) is 0.166. The van der Waals surface area contributed by atoms with E-state index >= 15 is 0 Å². The zero-order valence-corrected chi connectivity index (χ0v) is 29.8. The number of rotatable bonds is 4. The van der Waals surface area contributed by atoms with Gasteiger partial charge in [-0.25, -0.2) is 5.57 Å². The first kappa shape index (κ1) is 33.5. The standard InChI is InChI=1S/C13H9.C13H21.2C7H5Cl.Zr/c1-3-7-12-10(5-1)9-11-6-2-4-8-13(11)12;1-6-10-8-11(7-2)12(9-10)13(3,4)5;2*1-6-2-4-7(8)5-3-6;/h1-5,7-8H,9H2;9-10H,6-7H2,1-5H3;2*1-5H;/q2*-1;;;. The fourth-order valence-electron chi connectivity index (χ4n) is 5.21. The van der Waals surface area contributed by atoms with Crippen molar-refractivity contribution in [2.45, 2.75) is 53.9 Å². The van der Waals surface area contributed by atoms with Crippen molar-refractivity contribution in [3.8, 4) is 11.1 Å². The van der Waals surface area contributed by atoms with Gasteiger partial charge in [-0.3, -0.25) is 6.08 Å². The molecule has 0 heterocycles. The van der Waals surface area contributed by atoms with E-state index in [1.165, 1.54) is 50.9 Å². The Morgan fingerprint density at radius 2 is 1.37 bits per heavy atom. The number of fused-ring (bicyclic) bond motifs is 3. The summed E-state index contributed by atoms with van der Waals surface area (Å²) in [6, 6.07) is 34.0. The molecule has 220 valence electrons. The Labute approximate surface area is 280 Å². The van der Waals surface area contributed by atoms with Gasteiger partial charge >= 0.3 is 123 Å². The van der Waals surface area contributed by atoms with Gasteiger partial charge in [-0.15, -0.1) is 5.56 Å². The molecule has 0 nitrogen and oxygen atoms in total. The number of benzene rings is 4. The van der Waals surface area contributed by atoms with Crippen molar-refractivity contribution >= 4 is 30.6 Å². The van der Waals surface area contributed by atoms with Crippen LogP contribution in [0, 0.1) is 23.5 Å². The van der Waals surface area contributed by atoms with Crippen LogP contribution in [0.3, 0.4) is 0 Å². The third-order valence-electron chi connectivity index (χ3n) is 7.51. The molecule has 0 saturated carbocycles. The molecule has 4 aromatic rings. The number of hydrogen-bond donors (Lipinski definition) is 0. The average Bonchev–Trinajstić information content (AvgIpc) is 3.62. The minimum atomic E-state index is -0.623. The van der Waals surface area contributed by atoms with Crippen LogP contribution in [0.1, 0.15) is 69.7 Å². The maximum atomic E-state index is 5.84. The predicted molar refractivity (Wildman–Crippen MR) is 185 cm³/mol. The van der Waals surface area contributed by atoms with E-state index < -0.39 is 22.3 Å². The molecular formula is C40H40Cl2Zr-2. The van der Waals surface area contributed by atoms with Crippen LogP contribution >= 0.6 is 23.2 Å². The summed E-state index contributed by atoms with van der Waals surface area (Å²) in [6.45, 7) is 11.3. The second kappa shape index (κ2) is 16.0. The molecule has 0 aromatic heterocycles. The molecule has 6 rings (SSSR count). The molecule has 3 heteroatoms. The minimum Gasteiger partial charge on any atom is -0.179 e. The number of hydrogen-bond acceptors (Lipinski definition) is 0. The molecule has 0 saturated heterocycles. The van der Waals surface area contributed by atoms with E-state index in [0.29, 0.717) is 11.3 Å². The SMILES string of the molecule is CCC1=[C-]C(CC)C=C1C(C)(C)C.Clc1ccc([CH]=[Zr]=[CH]c2ccc(Cl)cc2)cc1.[c-]1cccc2c1Cc1ccccc1-2. The van der Waals surface area contributed by atoms with Crippen molar-refractivity contribution in [3.63, 3.8) is 0 Å². The Morgan fingerprint density at radius 1 is 0.791 bits per heavy atom. The van der Waals surface area contributed by atoms with Gasteiger partial charge < -0.3 is 0 Å². The van der Waals surface area contributed by atoms with Crippen LogP contribution in [-0.4, -0.2) is 7.42 Å². The van der Waals surface area contributed by atoms with E-state index in [0.717, 1.165) is 22.9 Å². The average molecular weight is 683 g/mol. The summed E-state index contributed by atoms with van der Waals surface area (Å²) >= 11 is 11.0. The Morgan fingerprint density at radius 3 is 1.91 bits per heavy atom. The second-order valence-corrected chi connectivity index (χ2v) is 14.9. The van der Waals surface area contributed by atoms with Crippen molar-refractivity contribution in [3.05, 3.63) is 153 Å². The molecule has 0 fully saturated rings. The molecule has 2 aliphatic carbocycles. The van der Waals surface area contributed by atoms with Crippen molar-refractivity contribution < 1.29 is 22.3 Å². The van der Waals surface area contributed by atoms with Crippen LogP contribution in [0.5, 0.6) is 0 Å². The maximum absolute atomic E-state index is 5.84. The summed E-state index contributed by atoms with van der Waals surface area (Å²) in [4.78, 5) is 0. The molecule has 0 radical (unpaired) electrons. The Bertz CT molecular complexity index is 1530. The zero-order chi connectivity index (χ0) is 30.8. The van der Waals surface area contributed by atoms with Gasteiger partial charge in [0.1, 0.15) is 0 Å². The van der Waals surface area contributed by atoms with Crippen molar-refractivity contribution in [1.82, 2.24) is 0 Å². The van der Waals surface area contributed by atoms with E-state index in [4.69, 9.17) is 23.2 Å². The van der Waals surface area contributed by atoms with Crippen molar-refractivity contribution in [2.75, 3.05) is 0 Å². The van der Waals surface area contributed by atoms with Gasteiger partial charge in [0.2, 0.25) is 0 Å². The van der Waals surface area contributed by atoms with Crippen LogP contribution in [0.4, 0.5) is 0 Å². The van der Waals surface area contributed by atoms with Crippen LogP contribution in [0.15, 0.2) is 108 Å². The molecule has 4 aromatic carbocycles. The second-order valence-electron chi connectivity index (χ2n) is 11.8. The topological polar surface area (TPSA) is 0 Å². The fourth-order valence-corrected chi connectivity index (χ4v) is 7.56. The molecule has 0 amide bonds. The van der Waals surface area contributed by atoms with Gasteiger partial charge in [-0.05, 0) is 6.42 Å². The van der Waals surface area contributed by atoms with Crippen LogP contribution in [0.25, 0.3) is 11.1 Å². The first-order chi connectivity index (χ1) is 20.7. The van der Waals surface area contributed by atoms with Gasteiger partial charge in [0.05, 0.1) is 0 Å². The van der Waals surface area contributed by atoms with E-state index in [1.807, 2.05) is 30.3 Å².